The number of carbonyl (C=O) groups excluding carboxylic acids is 1. The van der Waals surface area contributed by atoms with E-state index in [1.165, 1.54) is 0 Å². The minimum absolute atomic E-state index is 0.0888. The normalized spacial score (nSPS) is 20.4. The number of hydrogen-bond acceptors (Lipinski definition) is 2. The Bertz CT molecular complexity index is 439. The van der Waals surface area contributed by atoms with Crippen LogP contribution in [0.25, 0.3) is 0 Å². The molecule has 0 aromatic heterocycles. The van der Waals surface area contributed by atoms with Crippen LogP contribution in [0.1, 0.15) is 17.3 Å². The average Bonchev–Trinajstić information content (AvgIpc) is 2.32. The highest BCUT2D eigenvalue weighted by molar-refractivity contribution is 14.1. The zero-order chi connectivity index (χ0) is 12.4. The molecule has 92 valence electrons. The van der Waals surface area contributed by atoms with Gasteiger partial charge in [-0.05, 0) is 57.6 Å². The fourth-order valence-corrected chi connectivity index (χ4v) is 2.80. The topological polar surface area (TPSA) is 29.5 Å². The molecule has 0 N–H and O–H groups in total. The van der Waals surface area contributed by atoms with Crippen molar-refractivity contribution in [3.8, 4) is 0 Å². The lowest BCUT2D eigenvalue weighted by atomic mass is 10.2. The number of carbonyl (C=O) groups is 1. The Morgan fingerprint density at radius 2 is 2.35 bits per heavy atom. The summed E-state index contributed by atoms with van der Waals surface area (Å²) >= 11 is 5.64. The van der Waals surface area contributed by atoms with Gasteiger partial charge >= 0.3 is 0 Å². The SMILES string of the molecule is C[C@H]1CN(C(=O)c2cccc(Br)c2I)CCO1. The highest BCUT2D eigenvalue weighted by Gasteiger charge is 2.24. The molecule has 1 aliphatic heterocycles. The maximum atomic E-state index is 12.4. The van der Waals surface area contributed by atoms with Gasteiger partial charge in [0.05, 0.1) is 18.3 Å². The molecular weight excluding hydrogens is 397 g/mol. The summed E-state index contributed by atoms with van der Waals surface area (Å²) in [6, 6.07) is 5.71. The molecule has 1 atom stereocenters. The van der Waals surface area contributed by atoms with Gasteiger partial charge in [-0.25, -0.2) is 0 Å². The van der Waals surface area contributed by atoms with Crippen LogP contribution in [0.5, 0.6) is 0 Å². The van der Waals surface area contributed by atoms with E-state index in [-0.39, 0.29) is 12.0 Å². The van der Waals surface area contributed by atoms with E-state index >= 15 is 0 Å². The highest BCUT2D eigenvalue weighted by atomic mass is 127. The monoisotopic (exact) mass is 409 g/mol. The molecule has 3 nitrogen and oxygen atoms in total. The molecule has 0 unspecified atom stereocenters. The quantitative estimate of drug-likeness (QED) is 0.667. The molecule has 0 bridgehead atoms. The van der Waals surface area contributed by atoms with Gasteiger partial charge in [0.15, 0.2) is 0 Å². The molecule has 1 heterocycles. The molecule has 1 aliphatic rings. The van der Waals surface area contributed by atoms with Crippen molar-refractivity contribution < 1.29 is 9.53 Å². The number of nitrogens with zero attached hydrogens (tertiary/aromatic N) is 1. The van der Waals surface area contributed by atoms with Gasteiger partial charge in [0, 0.05) is 21.1 Å². The van der Waals surface area contributed by atoms with Gasteiger partial charge in [0.1, 0.15) is 0 Å². The molecule has 1 saturated heterocycles. The van der Waals surface area contributed by atoms with Crippen LogP contribution >= 0.6 is 38.5 Å². The van der Waals surface area contributed by atoms with Gasteiger partial charge in [-0.3, -0.25) is 4.79 Å². The second-order valence-electron chi connectivity index (χ2n) is 4.03. The summed E-state index contributed by atoms with van der Waals surface area (Å²) < 4.78 is 7.37. The number of amides is 1. The lowest BCUT2D eigenvalue weighted by Crippen LogP contribution is -2.44. The van der Waals surface area contributed by atoms with Gasteiger partial charge in [0.25, 0.3) is 5.91 Å². The fourth-order valence-electron chi connectivity index (χ4n) is 1.84. The van der Waals surface area contributed by atoms with Crippen molar-refractivity contribution in [2.24, 2.45) is 0 Å². The largest absolute Gasteiger partial charge is 0.375 e. The van der Waals surface area contributed by atoms with E-state index in [1.54, 1.807) is 0 Å². The Labute approximate surface area is 123 Å². The third-order valence-electron chi connectivity index (χ3n) is 2.71. The maximum absolute atomic E-state index is 12.4. The molecular formula is C12H13BrINO2. The first-order valence-electron chi connectivity index (χ1n) is 5.44. The van der Waals surface area contributed by atoms with Gasteiger partial charge in [-0.1, -0.05) is 6.07 Å². The number of morpholine rings is 1. The maximum Gasteiger partial charge on any atom is 0.255 e. The second kappa shape index (κ2) is 5.67. The van der Waals surface area contributed by atoms with E-state index < -0.39 is 0 Å². The first kappa shape index (κ1) is 13.3. The number of ether oxygens (including phenoxy) is 1. The zero-order valence-corrected chi connectivity index (χ0v) is 13.2. The summed E-state index contributed by atoms with van der Waals surface area (Å²) in [6.07, 6.45) is 0.123. The Kier molecular flexibility index (Phi) is 4.43. The van der Waals surface area contributed by atoms with Crippen LogP contribution in [0.15, 0.2) is 22.7 Å². The Morgan fingerprint density at radius 3 is 3.06 bits per heavy atom. The number of rotatable bonds is 1. The van der Waals surface area contributed by atoms with Crippen molar-refractivity contribution in [2.45, 2.75) is 13.0 Å². The molecule has 1 aromatic rings. The van der Waals surface area contributed by atoms with E-state index in [4.69, 9.17) is 4.74 Å². The van der Waals surface area contributed by atoms with Crippen molar-refractivity contribution >= 4 is 44.4 Å². The van der Waals surface area contributed by atoms with Crippen molar-refractivity contribution in [3.05, 3.63) is 31.8 Å². The van der Waals surface area contributed by atoms with Crippen molar-refractivity contribution in [3.63, 3.8) is 0 Å². The molecule has 1 amide bonds. The van der Waals surface area contributed by atoms with Crippen LogP contribution in [0.3, 0.4) is 0 Å². The summed E-state index contributed by atoms with van der Waals surface area (Å²) in [5.41, 5.74) is 0.758. The first-order chi connectivity index (χ1) is 8.09. The van der Waals surface area contributed by atoms with E-state index in [0.717, 1.165) is 13.6 Å². The number of hydrogen-bond donors (Lipinski definition) is 0. The summed E-state index contributed by atoms with van der Waals surface area (Å²) in [4.78, 5) is 14.2. The molecule has 0 saturated carbocycles. The summed E-state index contributed by atoms with van der Waals surface area (Å²) in [6.45, 7) is 3.95. The first-order valence-corrected chi connectivity index (χ1v) is 7.31. The number of halogens is 2. The molecule has 1 fully saturated rings. The predicted octanol–water partition coefficient (Wildman–Crippen LogP) is 2.91. The Hall–Kier alpha value is -0.140. The minimum atomic E-state index is 0.0888. The smallest absolute Gasteiger partial charge is 0.255 e. The number of benzene rings is 1. The van der Waals surface area contributed by atoms with Gasteiger partial charge in [-0.2, -0.15) is 0 Å². The molecule has 17 heavy (non-hydrogen) atoms. The van der Waals surface area contributed by atoms with E-state index in [1.807, 2.05) is 30.0 Å². The van der Waals surface area contributed by atoms with Gasteiger partial charge in [-0.15, -0.1) is 0 Å². The summed E-state index contributed by atoms with van der Waals surface area (Å²) in [5, 5.41) is 0. The average molecular weight is 410 g/mol. The van der Waals surface area contributed by atoms with Crippen molar-refractivity contribution in [2.75, 3.05) is 19.7 Å². The third kappa shape index (κ3) is 3.00. The zero-order valence-electron chi connectivity index (χ0n) is 9.45. The molecule has 0 spiro atoms. The van der Waals surface area contributed by atoms with Gasteiger partial charge in [0.2, 0.25) is 0 Å². The standard InChI is InChI=1S/C12H13BrINO2/c1-8-7-15(5-6-17-8)12(16)9-3-2-4-10(13)11(9)14/h2-4,8H,5-7H2,1H3/t8-/m0/s1. The third-order valence-corrected chi connectivity index (χ3v) is 5.27. The van der Waals surface area contributed by atoms with Crippen molar-refractivity contribution in [1.82, 2.24) is 4.90 Å². The van der Waals surface area contributed by atoms with E-state index in [0.29, 0.717) is 19.7 Å². The van der Waals surface area contributed by atoms with Crippen LogP contribution < -0.4 is 0 Å². The van der Waals surface area contributed by atoms with Crippen molar-refractivity contribution in [1.29, 1.82) is 0 Å². The molecule has 2 rings (SSSR count). The Balaban J connectivity index is 2.22. The molecule has 5 heteroatoms. The summed E-state index contributed by atoms with van der Waals surface area (Å²) in [5.74, 6) is 0.0888. The lowest BCUT2D eigenvalue weighted by molar-refractivity contribution is -0.0124. The lowest BCUT2D eigenvalue weighted by Gasteiger charge is -2.31. The summed E-state index contributed by atoms with van der Waals surface area (Å²) in [7, 11) is 0. The van der Waals surface area contributed by atoms with Crippen LogP contribution in [0.4, 0.5) is 0 Å². The Morgan fingerprint density at radius 1 is 1.59 bits per heavy atom. The van der Waals surface area contributed by atoms with Crippen LogP contribution in [0, 0.1) is 3.57 Å². The van der Waals surface area contributed by atoms with E-state index in [2.05, 4.69) is 38.5 Å². The van der Waals surface area contributed by atoms with E-state index in [9.17, 15) is 4.79 Å². The molecule has 0 aliphatic carbocycles. The van der Waals surface area contributed by atoms with Crippen LogP contribution in [-0.4, -0.2) is 36.6 Å². The predicted molar refractivity (Wildman–Crippen MR) is 78.2 cm³/mol. The fraction of sp³-hybridized carbons (Fsp3) is 0.417. The molecule has 1 aromatic carbocycles. The highest BCUT2D eigenvalue weighted by Crippen LogP contribution is 2.24. The van der Waals surface area contributed by atoms with Crippen LogP contribution in [-0.2, 0) is 4.74 Å². The second-order valence-corrected chi connectivity index (χ2v) is 5.97. The van der Waals surface area contributed by atoms with Gasteiger partial charge < -0.3 is 9.64 Å². The van der Waals surface area contributed by atoms with Crippen LogP contribution in [0.2, 0.25) is 0 Å². The molecule has 0 radical (unpaired) electrons. The minimum Gasteiger partial charge on any atom is -0.375 e.